The van der Waals surface area contributed by atoms with E-state index in [9.17, 15) is 18.0 Å². The van der Waals surface area contributed by atoms with Crippen LogP contribution in [-0.2, 0) is 33.5 Å². The molecular weight excluding hydrogens is 481 g/mol. The Morgan fingerprint density at radius 3 is 2.65 bits per heavy atom. The molecule has 4 rings (SSSR count). The maximum absolute atomic E-state index is 13.1. The maximum Gasteiger partial charge on any atom is 0.416 e. The van der Waals surface area contributed by atoms with Gasteiger partial charge < -0.3 is 14.6 Å². The number of alkyl halides is 3. The van der Waals surface area contributed by atoms with Gasteiger partial charge in [0.15, 0.2) is 0 Å². The number of unbranched alkanes of at least 4 members (excludes halogenated alkanes) is 1. The van der Waals surface area contributed by atoms with Crippen LogP contribution >= 0.6 is 0 Å². The van der Waals surface area contributed by atoms with Gasteiger partial charge in [-0.3, -0.25) is 4.79 Å². The van der Waals surface area contributed by atoms with E-state index in [4.69, 9.17) is 14.6 Å². The zero-order valence-corrected chi connectivity index (χ0v) is 21.0. The Kier molecular flexibility index (Phi) is 9.08. The third-order valence-electron chi connectivity index (χ3n) is 7.88. The van der Waals surface area contributed by atoms with E-state index in [1.165, 1.54) is 11.6 Å². The van der Waals surface area contributed by atoms with Gasteiger partial charge in [0.25, 0.3) is 0 Å². The summed E-state index contributed by atoms with van der Waals surface area (Å²) >= 11 is 0. The SMILES string of the molecule is O=C(O)CCCC=CC[C@@H]1[C@@H](COCc2cccc(C(F)(F)F)c2)[C@H]2C[C@]1(CCc1ccccc1)CO2. The quantitative estimate of drug-likeness (QED) is 0.228. The summed E-state index contributed by atoms with van der Waals surface area (Å²) < 4.78 is 51.4. The minimum absolute atomic E-state index is 0.0378. The molecule has 4 nitrogen and oxygen atoms in total. The van der Waals surface area contributed by atoms with Gasteiger partial charge in [0.2, 0.25) is 0 Å². The summed E-state index contributed by atoms with van der Waals surface area (Å²) in [5.41, 5.74) is 1.18. The Labute approximate surface area is 216 Å². The van der Waals surface area contributed by atoms with Gasteiger partial charge in [0, 0.05) is 17.8 Å². The molecule has 1 saturated carbocycles. The van der Waals surface area contributed by atoms with Gasteiger partial charge in [-0.05, 0) is 67.7 Å². The molecule has 0 amide bonds. The predicted octanol–water partition coefficient (Wildman–Crippen LogP) is 7.08. The van der Waals surface area contributed by atoms with E-state index in [1.54, 1.807) is 6.07 Å². The summed E-state index contributed by atoms with van der Waals surface area (Å²) in [6.07, 6.45) is 5.26. The summed E-state index contributed by atoms with van der Waals surface area (Å²) in [5.74, 6) is -0.275. The lowest BCUT2D eigenvalue weighted by atomic mass is 9.70. The second-order valence-corrected chi connectivity index (χ2v) is 10.4. The Morgan fingerprint density at radius 2 is 1.89 bits per heavy atom. The number of carbonyl (C=O) groups is 1. The largest absolute Gasteiger partial charge is 0.481 e. The Bertz CT molecular complexity index is 1050. The molecule has 0 spiro atoms. The molecule has 7 heteroatoms. The van der Waals surface area contributed by atoms with E-state index < -0.39 is 17.7 Å². The first kappa shape index (κ1) is 27.4. The normalized spacial score (nSPS) is 25.2. The van der Waals surface area contributed by atoms with Crippen LogP contribution in [0.5, 0.6) is 0 Å². The number of carboxylic acid groups (broad SMARTS) is 1. The van der Waals surface area contributed by atoms with Crippen molar-refractivity contribution >= 4 is 5.97 Å². The van der Waals surface area contributed by atoms with Gasteiger partial charge in [0.1, 0.15) is 0 Å². The number of rotatable bonds is 13. The lowest BCUT2D eigenvalue weighted by Crippen LogP contribution is -2.38. The molecule has 1 heterocycles. The molecule has 4 atom stereocenters. The van der Waals surface area contributed by atoms with E-state index in [0.29, 0.717) is 31.1 Å². The smallest absolute Gasteiger partial charge is 0.416 e. The van der Waals surface area contributed by atoms with Crippen LogP contribution in [0.3, 0.4) is 0 Å². The molecule has 2 fully saturated rings. The zero-order valence-electron chi connectivity index (χ0n) is 21.0. The van der Waals surface area contributed by atoms with Gasteiger partial charge in [-0.25, -0.2) is 0 Å². The third-order valence-corrected chi connectivity index (χ3v) is 7.88. The second kappa shape index (κ2) is 12.3. The minimum Gasteiger partial charge on any atom is -0.481 e. The summed E-state index contributed by atoms with van der Waals surface area (Å²) in [7, 11) is 0. The van der Waals surface area contributed by atoms with Crippen molar-refractivity contribution in [3.8, 4) is 0 Å². The highest BCUT2D eigenvalue weighted by Gasteiger charge is 2.57. The molecule has 37 heavy (non-hydrogen) atoms. The number of hydrogen-bond donors (Lipinski definition) is 1. The molecule has 0 radical (unpaired) electrons. The molecule has 2 aliphatic rings. The summed E-state index contributed by atoms with van der Waals surface area (Å²) in [6, 6.07) is 15.7. The molecule has 1 aliphatic heterocycles. The van der Waals surface area contributed by atoms with E-state index in [2.05, 4.69) is 36.4 Å². The van der Waals surface area contributed by atoms with Crippen molar-refractivity contribution in [2.24, 2.45) is 17.3 Å². The number of carboxylic acids is 1. The van der Waals surface area contributed by atoms with E-state index in [0.717, 1.165) is 44.2 Å². The minimum atomic E-state index is -4.37. The van der Waals surface area contributed by atoms with Crippen LogP contribution in [0.1, 0.15) is 55.2 Å². The molecule has 1 N–H and O–H groups in total. The summed E-state index contributed by atoms with van der Waals surface area (Å²) in [6.45, 7) is 1.28. The lowest BCUT2D eigenvalue weighted by molar-refractivity contribution is -0.138. The number of benzene rings is 2. The zero-order chi connectivity index (χ0) is 26.3. The van der Waals surface area contributed by atoms with E-state index in [1.807, 2.05) is 6.07 Å². The standard InChI is InChI=1S/C30H35F3O4/c31-30(32,33)24-12-8-11-23(17-24)19-36-20-25-26(13-6-1-2-7-14-28(34)35)29(18-27(25)37-21-29)16-15-22-9-4-3-5-10-22/h1,3-6,8-12,17,25-27H,2,7,13-16,18-21H2,(H,34,35)/t25-,26-,27-,29-/m1/s1. The van der Waals surface area contributed by atoms with Gasteiger partial charge in [0.05, 0.1) is 31.5 Å². The Balaban J connectivity index is 1.40. The van der Waals surface area contributed by atoms with Crippen LogP contribution in [0.2, 0.25) is 0 Å². The van der Waals surface area contributed by atoms with Crippen molar-refractivity contribution < 1.29 is 32.5 Å². The molecule has 0 aromatic heterocycles. The highest BCUT2D eigenvalue weighted by atomic mass is 19.4. The second-order valence-electron chi connectivity index (χ2n) is 10.4. The first-order chi connectivity index (χ1) is 17.8. The molecule has 1 saturated heterocycles. The van der Waals surface area contributed by atoms with Crippen molar-refractivity contribution in [2.75, 3.05) is 13.2 Å². The molecule has 2 aromatic rings. The lowest BCUT2D eigenvalue weighted by Gasteiger charge is -2.39. The topological polar surface area (TPSA) is 55.8 Å². The average molecular weight is 517 g/mol. The van der Waals surface area contributed by atoms with Crippen molar-refractivity contribution in [3.63, 3.8) is 0 Å². The Morgan fingerprint density at radius 1 is 1.11 bits per heavy atom. The molecular formula is C30H35F3O4. The van der Waals surface area contributed by atoms with Crippen LogP contribution in [0.25, 0.3) is 0 Å². The van der Waals surface area contributed by atoms with Gasteiger partial charge in [-0.1, -0.05) is 54.6 Å². The van der Waals surface area contributed by atoms with Crippen LogP contribution < -0.4 is 0 Å². The number of hydrogen-bond acceptors (Lipinski definition) is 3. The molecule has 0 unspecified atom stereocenters. The van der Waals surface area contributed by atoms with Crippen LogP contribution in [0, 0.1) is 17.3 Å². The monoisotopic (exact) mass is 516 g/mol. The maximum atomic E-state index is 13.1. The van der Waals surface area contributed by atoms with E-state index in [-0.39, 0.29) is 30.5 Å². The fraction of sp³-hybridized carbons (Fsp3) is 0.500. The van der Waals surface area contributed by atoms with E-state index >= 15 is 0 Å². The summed E-state index contributed by atoms with van der Waals surface area (Å²) in [5, 5.41) is 8.85. The number of aliphatic carboxylic acids is 1. The predicted molar refractivity (Wildman–Crippen MR) is 135 cm³/mol. The summed E-state index contributed by atoms with van der Waals surface area (Å²) in [4.78, 5) is 10.8. The average Bonchev–Trinajstić information content (AvgIpc) is 3.42. The third kappa shape index (κ3) is 7.23. The van der Waals surface area contributed by atoms with Gasteiger partial charge in [-0.15, -0.1) is 0 Å². The van der Waals surface area contributed by atoms with Gasteiger partial charge >= 0.3 is 12.1 Å². The Hall–Kier alpha value is -2.64. The number of allylic oxidation sites excluding steroid dienone is 2. The molecule has 1 aliphatic carbocycles. The van der Waals surface area contributed by atoms with Crippen LogP contribution in [0.4, 0.5) is 13.2 Å². The van der Waals surface area contributed by atoms with Crippen molar-refractivity contribution in [2.45, 2.75) is 63.8 Å². The number of ether oxygens (including phenoxy) is 2. The van der Waals surface area contributed by atoms with Gasteiger partial charge in [-0.2, -0.15) is 13.2 Å². The molecule has 200 valence electrons. The van der Waals surface area contributed by atoms with Crippen molar-refractivity contribution in [3.05, 3.63) is 83.4 Å². The molecule has 2 bridgehead atoms. The highest BCUT2D eigenvalue weighted by Crippen LogP contribution is 2.57. The molecule has 2 aromatic carbocycles. The fourth-order valence-corrected chi connectivity index (χ4v) is 5.97. The van der Waals surface area contributed by atoms with Crippen LogP contribution in [-0.4, -0.2) is 30.4 Å². The number of halogens is 3. The fourth-order valence-electron chi connectivity index (χ4n) is 5.97. The van der Waals surface area contributed by atoms with Crippen LogP contribution in [0.15, 0.2) is 66.7 Å². The number of fused-ring (bicyclic) bond motifs is 2. The first-order valence-electron chi connectivity index (χ1n) is 13.0. The first-order valence-corrected chi connectivity index (χ1v) is 13.0. The van der Waals surface area contributed by atoms with Crippen molar-refractivity contribution in [1.82, 2.24) is 0 Å². The highest BCUT2D eigenvalue weighted by molar-refractivity contribution is 5.66. The van der Waals surface area contributed by atoms with Crippen molar-refractivity contribution in [1.29, 1.82) is 0 Å². The number of aryl methyl sites for hydroxylation is 1.